The lowest BCUT2D eigenvalue weighted by Gasteiger charge is -2.03. The number of aromatic nitrogens is 1. The van der Waals surface area contributed by atoms with Crippen LogP contribution in [0.5, 0.6) is 0 Å². The molecule has 28 heavy (non-hydrogen) atoms. The molecule has 0 bridgehead atoms. The molecule has 1 N–H and O–H groups in total. The molecular formula is C22H18ClN3OS. The third-order valence-corrected chi connectivity index (χ3v) is 5.56. The Morgan fingerprint density at radius 3 is 2.75 bits per heavy atom. The predicted octanol–water partition coefficient (Wildman–Crippen LogP) is 5.55. The van der Waals surface area contributed by atoms with E-state index in [1.165, 1.54) is 11.3 Å². The van der Waals surface area contributed by atoms with E-state index in [-0.39, 0.29) is 5.57 Å². The maximum absolute atomic E-state index is 12.5. The predicted molar refractivity (Wildman–Crippen MR) is 115 cm³/mol. The van der Waals surface area contributed by atoms with Gasteiger partial charge in [0, 0.05) is 22.5 Å². The fourth-order valence-corrected chi connectivity index (χ4v) is 3.66. The summed E-state index contributed by atoms with van der Waals surface area (Å²) >= 11 is 7.56. The molecule has 0 fully saturated rings. The number of aryl methyl sites for hydroxylation is 2. The van der Waals surface area contributed by atoms with Gasteiger partial charge in [-0.3, -0.25) is 10.1 Å². The van der Waals surface area contributed by atoms with Crippen LogP contribution in [0.2, 0.25) is 5.02 Å². The van der Waals surface area contributed by atoms with E-state index in [2.05, 4.69) is 10.3 Å². The molecule has 0 atom stereocenters. The topological polar surface area (TPSA) is 65.8 Å². The third kappa shape index (κ3) is 4.86. The van der Waals surface area contributed by atoms with Crippen molar-refractivity contribution in [3.05, 3.63) is 86.4 Å². The zero-order valence-corrected chi connectivity index (χ0v) is 17.1. The summed E-state index contributed by atoms with van der Waals surface area (Å²) in [5, 5.41) is 13.3. The van der Waals surface area contributed by atoms with Crippen LogP contribution < -0.4 is 5.32 Å². The molecule has 1 heterocycles. The number of halogens is 1. The van der Waals surface area contributed by atoms with Crippen molar-refractivity contribution < 1.29 is 4.79 Å². The van der Waals surface area contributed by atoms with Crippen molar-refractivity contribution in [1.82, 2.24) is 4.98 Å². The van der Waals surface area contributed by atoms with Gasteiger partial charge in [-0.25, -0.2) is 4.98 Å². The smallest absolute Gasteiger partial charge is 0.268 e. The van der Waals surface area contributed by atoms with Gasteiger partial charge >= 0.3 is 0 Å². The number of carbonyl (C=O) groups is 1. The quantitative estimate of drug-likeness (QED) is 0.445. The number of hydrogen-bond donors (Lipinski definition) is 1. The highest BCUT2D eigenvalue weighted by Crippen LogP contribution is 2.24. The number of nitrogens with one attached hydrogen (secondary N) is 1. The Morgan fingerprint density at radius 1 is 1.25 bits per heavy atom. The van der Waals surface area contributed by atoms with E-state index in [9.17, 15) is 10.1 Å². The van der Waals surface area contributed by atoms with Gasteiger partial charge in [0.1, 0.15) is 11.6 Å². The Labute approximate surface area is 173 Å². The molecule has 0 spiro atoms. The number of rotatable bonds is 5. The van der Waals surface area contributed by atoms with E-state index < -0.39 is 5.91 Å². The van der Waals surface area contributed by atoms with Crippen molar-refractivity contribution in [2.75, 3.05) is 5.32 Å². The number of anilines is 1. The standard InChI is InChI=1S/C22H18ClN3OS/c1-14-5-3-4-6-17(14)11-18(12-24)21(27)26-22-25-13-19(28-22)9-16-8-7-15(2)20(23)10-16/h3-8,10-11,13H,9H2,1-2H3,(H,25,26,27). The van der Waals surface area contributed by atoms with E-state index in [1.807, 2.05) is 62.4 Å². The molecule has 3 aromatic rings. The molecule has 0 unspecified atom stereocenters. The number of amides is 1. The Balaban J connectivity index is 1.71. The van der Waals surface area contributed by atoms with Crippen LogP contribution in [-0.2, 0) is 11.2 Å². The maximum Gasteiger partial charge on any atom is 0.268 e. The van der Waals surface area contributed by atoms with Crippen molar-refractivity contribution in [2.24, 2.45) is 0 Å². The summed E-state index contributed by atoms with van der Waals surface area (Å²) in [6.45, 7) is 3.90. The SMILES string of the molecule is Cc1ccc(Cc2cnc(NC(=O)C(C#N)=Cc3ccccc3C)s2)cc1Cl. The summed E-state index contributed by atoms with van der Waals surface area (Å²) in [5.74, 6) is -0.468. The van der Waals surface area contributed by atoms with Crippen LogP contribution in [0.3, 0.4) is 0 Å². The molecule has 0 aliphatic carbocycles. The van der Waals surface area contributed by atoms with Gasteiger partial charge in [-0.05, 0) is 48.2 Å². The first-order valence-electron chi connectivity index (χ1n) is 8.65. The molecule has 1 aromatic heterocycles. The largest absolute Gasteiger partial charge is 0.297 e. The zero-order valence-electron chi connectivity index (χ0n) is 15.5. The summed E-state index contributed by atoms with van der Waals surface area (Å²) in [6, 6.07) is 15.5. The highest BCUT2D eigenvalue weighted by atomic mass is 35.5. The summed E-state index contributed by atoms with van der Waals surface area (Å²) in [4.78, 5) is 17.7. The fourth-order valence-electron chi connectivity index (χ4n) is 2.61. The Morgan fingerprint density at radius 2 is 2.04 bits per heavy atom. The average molecular weight is 408 g/mol. The summed E-state index contributed by atoms with van der Waals surface area (Å²) in [5.41, 5.74) is 3.99. The Hall–Kier alpha value is -2.94. The van der Waals surface area contributed by atoms with Crippen LogP contribution in [0, 0.1) is 25.2 Å². The van der Waals surface area contributed by atoms with E-state index in [1.54, 1.807) is 12.3 Å². The molecule has 2 aromatic carbocycles. The first-order valence-corrected chi connectivity index (χ1v) is 9.84. The monoisotopic (exact) mass is 407 g/mol. The first-order chi connectivity index (χ1) is 13.5. The van der Waals surface area contributed by atoms with Crippen LogP contribution in [-0.4, -0.2) is 10.9 Å². The van der Waals surface area contributed by atoms with E-state index in [0.29, 0.717) is 11.6 Å². The number of thiazole rings is 1. The molecule has 0 saturated carbocycles. The van der Waals surface area contributed by atoms with Crippen molar-refractivity contribution in [2.45, 2.75) is 20.3 Å². The van der Waals surface area contributed by atoms with Crippen LogP contribution in [0.1, 0.15) is 27.1 Å². The Kier molecular flexibility index (Phi) is 6.25. The van der Waals surface area contributed by atoms with Crippen molar-refractivity contribution in [3.8, 4) is 6.07 Å². The second-order valence-corrected chi connectivity index (χ2v) is 7.89. The number of nitriles is 1. The Bertz CT molecular complexity index is 1100. The van der Waals surface area contributed by atoms with Gasteiger partial charge in [0.25, 0.3) is 5.91 Å². The molecule has 4 nitrogen and oxygen atoms in total. The average Bonchev–Trinajstić information content (AvgIpc) is 3.10. The molecule has 140 valence electrons. The molecule has 3 rings (SSSR count). The van der Waals surface area contributed by atoms with Gasteiger partial charge in [-0.1, -0.05) is 48.0 Å². The van der Waals surface area contributed by atoms with Crippen LogP contribution in [0.4, 0.5) is 5.13 Å². The minimum atomic E-state index is -0.468. The number of carbonyl (C=O) groups excluding carboxylic acids is 1. The van der Waals surface area contributed by atoms with Crippen LogP contribution in [0.25, 0.3) is 6.08 Å². The van der Waals surface area contributed by atoms with Gasteiger partial charge < -0.3 is 0 Å². The maximum atomic E-state index is 12.5. The lowest BCUT2D eigenvalue weighted by Crippen LogP contribution is -2.13. The van der Waals surface area contributed by atoms with Crippen molar-refractivity contribution in [1.29, 1.82) is 5.26 Å². The first kappa shape index (κ1) is 19.8. The third-order valence-electron chi connectivity index (χ3n) is 4.24. The highest BCUT2D eigenvalue weighted by Gasteiger charge is 2.13. The van der Waals surface area contributed by atoms with Crippen molar-refractivity contribution >= 4 is 40.1 Å². The number of nitrogens with zero attached hydrogens (tertiary/aromatic N) is 2. The molecule has 1 amide bonds. The molecule has 0 aliphatic rings. The minimum absolute atomic E-state index is 0.0383. The van der Waals surface area contributed by atoms with Gasteiger partial charge in [0.15, 0.2) is 5.13 Å². The molecule has 0 aliphatic heterocycles. The second-order valence-electron chi connectivity index (χ2n) is 6.37. The van der Waals surface area contributed by atoms with Gasteiger partial charge in [-0.15, -0.1) is 11.3 Å². The van der Waals surface area contributed by atoms with E-state index in [4.69, 9.17) is 11.6 Å². The fraction of sp³-hybridized carbons (Fsp3) is 0.136. The zero-order chi connectivity index (χ0) is 20.1. The normalized spacial score (nSPS) is 11.1. The molecular weight excluding hydrogens is 390 g/mol. The molecule has 0 radical (unpaired) electrons. The molecule has 6 heteroatoms. The minimum Gasteiger partial charge on any atom is -0.297 e. The lowest BCUT2D eigenvalue weighted by atomic mass is 10.1. The lowest BCUT2D eigenvalue weighted by molar-refractivity contribution is -0.112. The summed E-state index contributed by atoms with van der Waals surface area (Å²) in [7, 11) is 0. The van der Waals surface area contributed by atoms with E-state index >= 15 is 0 Å². The number of benzene rings is 2. The highest BCUT2D eigenvalue weighted by molar-refractivity contribution is 7.15. The van der Waals surface area contributed by atoms with E-state index in [0.717, 1.165) is 32.2 Å². The van der Waals surface area contributed by atoms with Crippen molar-refractivity contribution in [3.63, 3.8) is 0 Å². The van der Waals surface area contributed by atoms with Gasteiger partial charge in [0.2, 0.25) is 0 Å². The second kappa shape index (κ2) is 8.83. The molecule has 0 saturated heterocycles. The van der Waals surface area contributed by atoms with Crippen LogP contribution >= 0.6 is 22.9 Å². The summed E-state index contributed by atoms with van der Waals surface area (Å²) in [6.07, 6.45) is 4.00. The van der Waals surface area contributed by atoms with Crippen LogP contribution in [0.15, 0.2) is 54.2 Å². The van der Waals surface area contributed by atoms with Gasteiger partial charge in [0.05, 0.1) is 0 Å². The number of hydrogen-bond acceptors (Lipinski definition) is 4. The summed E-state index contributed by atoms with van der Waals surface area (Å²) < 4.78 is 0. The van der Waals surface area contributed by atoms with Gasteiger partial charge in [-0.2, -0.15) is 5.26 Å².